The Morgan fingerprint density at radius 3 is 2.82 bits per heavy atom. The SMILES string of the molecule is C=CCN1C(N)=C(C(=O)OC)[C@]2(C(=O)OC3=C2C(=O)CCC3)c2ccccc21. The molecular formula is C21H20N2O5. The molecule has 7 heteroatoms. The Balaban J connectivity index is 2.13. The topological polar surface area (TPSA) is 98.9 Å². The molecule has 1 aromatic carbocycles. The van der Waals surface area contributed by atoms with Crippen molar-refractivity contribution in [3.8, 4) is 0 Å². The number of rotatable bonds is 3. The lowest BCUT2D eigenvalue weighted by Gasteiger charge is -2.41. The third-order valence-electron chi connectivity index (χ3n) is 5.48. The van der Waals surface area contributed by atoms with E-state index in [1.165, 1.54) is 7.11 Å². The van der Waals surface area contributed by atoms with Crippen molar-refractivity contribution in [2.24, 2.45) is 5.73 Å². The minimum atomic E-state index is -1.71. The van der Waals surface area contributed by atoms with Gasteiger partial charge in [-0.15, -0.1) is 6.58 Å². The van der Waals surface area contributed by atoms with Gasteiger partial charge in [-0.2, -0.15) is 0 Å². The number of para-hydroxylation sites is 1. The molecule has 0 amide bonds. The fourth-order valence-electron chi connectivity index (χ4n) is 4.40. The number of Topliss-reactive ketones (excluding diaryl/α,β-unsaturated/α-hetero) is 1. The molecule has 1 aromatic rings. The molecule has 3 aliphatic rings. The molecule has 2 aliphatic heterocycles. The Morgan fingerprint density at radius 1 is 1.36 bits per heavy atom. The fraction of sp³-hybridized carbons (Fsp3) is 0.286. The van der Waals surface area contributed by atoms with Crippen molar-refractivity contribution in [1.29, 1.82) is 0 Å². The molecule has 0 bridgehead atoms. The molecule has 28 heavy (non-hydrogen) atoms. The number of carbonyl (C=O) groups is 3. The number of ether oxygens (including phenoxy) is 2. The monoisotopic (exact) mass is 380 g/mol. The predicted octanol–water partition coefficient (Wildman–Crippen LogP) is 1.84. The second-order valence-corrected chi connectivity index (χ2v) is 6.88. The largest absolute Gasteiger partial charge is 0.466 e. The first-order valence-electron chi connectivity index (χ1n) is 9.04. The van der Waals surface area contributed by atoms with E-state index in [0.717, 1.165) is 0 Å². The lowest BCUT2D eigenvalue weighted by molar-refractivity contribution is -0.145. The highest BCUT2D eigenvalue weighted by Gasteiger charge is 2.63. The quantitative estimate of drug-likeness (QED) is 0.631. The van der Waals surface area contributed by atoms with Crippen LogP contribution in [0.5, 0.6) is 0 Å². The van der Waals surface area contributed by atoms with Gasteiger partial charge in [-0.05, 0) is 12.5 Å². The van der Waals surface area contributed by atoms with Gasteiger partial charge in [0.2, 0.25) is 0 Å². The van der Waals surface area contributed by atoms with Crippen LogP contribution in [0.25, 0.3) is 0 Å². The molecule has 1 atom stereocenters. The maximum absolute atomic E-state index is 13.3. The highest BCUT2D eigenvalue weighted by Crippen LogP contribution is 2.55. The summed E-state index contributed by atoms with van der Waals surface area (Å²) < 4.78 is 10.5. The molecule has 7 nitrogen and oxygen atoms in total. The van der Waals surface area contributed by atoms with Crippen LogP contribution in [-0.2, 0) is 29.3 Å². The van der Waals surface area contributed by atoms with E-state index in [1.807, 2.05) is 0 Å². The van der Waals surface area contributed by atoms with Crippen LogP contribution in [0.3, 0.4) is 0 Å². The van der Waals surface area contributed by atoms with Gasteiger partial charge in [0.15, 0.2) is 11.2 Å². The van der Waals surface area contributed by atoms with Crippen LogP contribution in [0.4, 0.5) is 5.69 Å². The van der Waals surface area contributed by atoms with E-state index in [0.29, 0.717) is 36.4 Å². The summed E-state index contributed by atoms with van der Waals surface area (Å²) in [7, 11) is 1.22. The van der Waals surface area contributed by atoms with Crippen LogP contribution in [0.1, 0.15) is 24.8 Å². The van der Waals surface area contributed by atoms with E-state index in [2.05, 4.69) is 6.58 Å². The van der Waals surface area contributed by atoms with Gasteiger partial charge in [0.25, 0.3) is 0 Å². The number of ketones is 1. The van der Waals surface area contributed by atoms with Gasteiger partial charge < -0.3 is 20.1 Å². The summed E-state index contributed by atoms with van der Waals surface area (Å²) in [4.78, 5) is 40.8. The minimum Gasteiger partial charge on any atom is -0.466 e. The summed E-state index contributed by atoms with van der Waals surface area (Å²) in [5.41, 5.74) is 5.92. The van der Waals surface area contributed by atoms with E-state index in [1.54, 1.807) is 35.2 Å². The molecule has 2 heterocycles. The van der Waals surface area contributed by atoms with Gasteiger partial charge in [0, 0.05) is 30.6 Å². The third kappa shape index (κ3) is 2.13. The zero-order valence-corrected chi connectivity index (χ0v) is 15.5. The number of hydrogen-bond acceptors (Lipinski definition) is 7. The summed E-state index contributed by atoms with van der Waals surface area (Å²) >= 11 is 0. The Hall–Kier alpha value is -3.35. The second-order valence-electron chi connectivity index (χ2n) is 6.88. The van der Waals surface area contributed by atoms with E-state index in [9.17, 15) is 14.4 Å². The lowest BCUT2D eigenvalue weighted by atomic mass is 9.64. The van der Waals surface area contributed by atoms with Crippen molar-refractivity contribution in [2.45, 2.75) is 24.7 Å². The third-order valence-corrected chi connectivity index (χ3v) is 5.48. The summed E-state index contributed by atoms with van der Waals surface area (Å²) in [5, 5.41) is 0. The molecule has 1 aliphatic carbocycles. The van der Waals surface area contributed by atoms with Gasteiger partial charge in [-0.1, -0.05) is 24.3 Å². The zero-order valence-electron chi connectivity index (χ0n) is 15.5. The highest BCUT2D eigenvalue weighted by atomic mass is 16.5. The predicted molar refractivity (Wildman–Crippen MR) is 101 cm³/mol. The van der Waals surface area contributed by atoms with Gasteiger partial charge in [-0.3, -0.25) is 4.79 Å². The Morgan fingerprint density at radius 2 is 2.11 bits per heavy atom. The number of nitrogens with two attached hydrogens (primary N) is 1. The maximum atomic E-state index is 13.3. The average molecular weight is 380 g/mol. The van der Waals surface area contributed by atoms with E-state index >= 15 is 0 Å². The Kier molecular flexibility index (Phi) is 4.10. The smallest absolute Gasteiger partial charge is 0.339 e. The molecule has 0 saturated heterocycles. The Bertz CT molecular complexity index is 990. The first kappa shape index (κ1) is 18.0. The summed E-state index contributed by atoms with van der Waals surface area (Å²) in [5.74, 6) is -1.31. The standard InChI is InChI=1S/C21H20N2O5/c1-3-11-23-13-8-5-4-7-12(13)21(17(18(23)22)19(25)27-2)16-14(24)9-6-10-15(16)28-20(21)26/h3-5,7-8H,1,6,9-11,22H2,2H3/t21-/m0/s1. The summed E-state index contributed by atoms with van der Waals surface area (Å²) in [6.07, 6.45) is 2.98. The first-order valence-corrected chi connectivity index (χ1v) is 9.04. The number of methoxy groups -OCH3 is 1. The van der Waals surface area contributed by atoms with Crippen molar-refractivity contribution in [3.63, 3.8) is 0 Å². The van der Waals surface area contributed by atoms with Crippen molar-refractivity contribution < 1.29 is 23.9 Å². The number of allylic oxidation sites excluding steroid dienone is 1. The molecule has 2 N–H and O–H groups in total. The van der Waals surface area contributed by atoms with Crippen LogP contribution in [0.15, 0.2) is 59.6 Å². The second kappa shape index (κ2) is 6.37. The van der Waals surface area contributed by atoms with E-state index in [-0.39, 0.29) is 29.2 Å². The van der Waals surface area contributed by atoms with Gasteiger partial charge >= 0.3 is 11.9 Å². The number of anilines is 1. The number of hydrogen-bond donors (Lipinski definition) is 1. The number of benzene rings is 1. The normalized spacial score (nSPS) is 23.5. The number of nitrogens with zero attached hydrogens (tertiary/aromatic N) is 1. The molecule has 144 valence electrons. The first-order chi connectivity index (χ1) is 13.5. The van der Waals surface area contributed by atoms with E-state index < -0.39 is 17.4 Å². The van der Waals surface area contributed by atoms with Crippen molar-refractivity contribution in [1.82, 2.24) is 0 Å². The van der Waals surface area contributed by atoms with Gasteiger partial charge in [-0.25, -0.2) is 9.59 Å². The molecular weight excluding hydrogens is 360 g/mol. The molecule has 1 spiro atoms. The molecule has 0 radical (unpaired) electrons. The van der Waals surface area contributed by atoms with Crippen LogP contribution in [-0.4, -0.2) is 31.4 Å². The molecule has 0 saturated carbocycles. The zero-order chi connectivity index (χ0) is 20.1. The van der Waals surface area contributed by atoms with E-state index in [4.69, 9.17) is 15.2 Å². The van der Waals surface area contributed by atoms with Crippen LogP contribution in [0.2, 0.25) is 0 Å². The lowest BCUT2D eigenvalue weighted by Crippen LogP contribution is -2.50. The van der Waals surface area contributed by atoms with Crippen LogP contribution >= 0.6 is 0 Å². The molecule has 0 fully saturated rings. The summed E-state index contributed by atoms with van der Waals surface area (Å²) in [6, 6.07) is 7.07. The van der Waals surface area contributed by atoms with Gasteiger partial charge in [0.1, 0.15) is 17.2 Å². The molecule has 0 unspecified atom stereocenters. The van der Waals surface area contributed by atoms with Gasteiger partial charge in [0.05, 0.1) is 12.7 Å². The summed E-state index contributed by atoms with van der Waals surface area (Å²) in [6.45, 7) is 4.06. The van der Waals surface area contributed by atoms with Crippen LogP contribution < -0.4 is 10.6 Å². The van der Waals surface area contributed by atoms with Crippen LogP contribution in [0, 0.1) is 0 Å². The highest BCUT2D eigenvalue weighted by molar-refractivity contribution is 6.17. The van der Waals surface area contributed by atoms with Crippen molar-refractivity contribution in [3.05, 3.63) is 65.2 Å². The number of fused-ring (bicyclic) bond motifs is 3. The maximum Gasteiger partial charge on any atom is 0.339 e. The molecule has 0 aromatic heterocycles. The minimum absolute atomic E-state index is 0.0505. The number of esters is 2. The average Bonchev–Trinajstić information content (AvgIpc) is 2.99. The Labute approximate surface area is 162 Å². The van der Waals surface area contributed by atoms with Crippen molar-refractivity contribution in [2.75, 3.05) is 18.6 Å². The number of carbonyl (C=O) groups excluding carboxylic acids is 3. The fourth-order valence-corrected chi connectivity index (χ4v) is 4.40. The van der Waals surface area contributed by atoms with Crippen molar-refractivity contribution >= 4 is 23.4 Å². The molecule has 4 rings (SSSR count).